The number of esters is 1. The molecule has 3 heteroatoms. The molecule has 5 atom stereocenters. The van der Waals surface area contributed by atoms with E-state index in [0.29, 0.717) is 5.92 Å². The molecular formula is C17H28O3. The molecule has 3 aliphatic carbocycles. The fourth-order valence-electron chi connectivity index (χ4n) is 4.65. The molecule has 0 aliphatic heterocycles. The fourth-order valence-corrected chi connectivity index (χ4v) is 4.65. The number of ether oxygens (including phenoxy) is 1. The zero-order valence-corrected chi connectivity index (χ0v) is 12.4. The Kier molecular flexibility index (Phi) is 4.65. The summed E-state index contributed by atoms with van der Waals surface area (Å²) in [5.74, 6) is 1.01. The van der Waals surface area contributed by atoms with Gasteiger partial charge in [0.15, 0.2) is 0 Å². The summed E-state index contributed by atoms with van der Waals surface area (Å²) in [5, 5.41) is 10.0. The van der Waals surface area contributed by atoms with Crippen LogP contribution in [0.2, 0.25) is 0 Å². The van der Waals surface area contributed by atoms with Gasteiger partial charge in [-0.05, 0) is 50.4 Å². The summed E-state index contributed by atoms with van der Waals surface area (Å²) in [5.41, 5.74) is 0. The third kappa shape index (κ3) is 3.03. The maximum Gasteiger partial charge on any atom is 0.311 e. The Morgan fingerprint density at radius 2 is 1.55 bits per heavy atom. The van der Waals surface area contributed by atoms with Crippen LogP contribution < -0.4 is 0 Å². The van der Waals surface area contributed by atoms with E-state index >= 15 is 0 Å². The Bertz CT molecular complexity index is 339. The number of hydrogen-bond donors (Lipinski definition) is 1. The van der Waals surface area contributed by atoms with Crippen molar-refractivity contribution in [3.63, 3.8) is 0 Å². The van der Waals surface area contributed by atoms with Crippen molar-refractivity contribution in [1.29, 1.82) is 0 Å². The minimum absolute atomic E-state index is 0.117. The zero-order valence-electron chi connectivity index (χ0n) is 12.4. The SMILES string of the molecule is O=C(OC1CCCC2CCCCC21)C1CCCCC1O. The van der Waals surface area contributed by atoms with Crippen LogP contribution in [0.15, 0.2) is 0 Å². The third-order valence-corrected chi connectivity index (χ3v) is 5.81. The van der Waals surface area contributed by atoms with Crippen LogP contribution in [0.25, 0.3) is 0 Å². The van der Waals surface area contributed by atoms with Crippen molar-refractivity contribution in [3.8, 4) is 0 Å². The Morgan fingerprint density at radius 3 is 2.40 bits per heavy atom. The largest absolute Gasteiger partial charge is 0.462 e. The summed E-state index contributed by atoms with van der Waals surface area (Å²) in [6, 6.07) is 0. The van der Waals surface area contributed by atoms with E-state index in [0.717, 1.165) is 38.0 Å². The van der Waals surface area contributed by atoms with Gasteiger partial charge in [0.25, 0.3) is 0 Å². The van der Waals surface area contributed by atoms with Gasteiger partial charge in [-0.2, -0.15) is 0 Å². The predicted octanol–water partition coefficient (Wildman–Crippen LogP) is 3.44. The van der Waals surface area contributed by atoms with E-state index in [2.05, 4.69) is 0 Å². The van der Waals surface area contributed by atoms with E-state index in [4.69, 9.17) is 4.74 Å². The lowest BCUT2D eigenvalue weighted by Gasteiger charge is -2.41. The van der Waals surface area contributed by atoms with Crippen LogP contribution in [0.4, 0.5) is 0 Å². The van der Waals surface area contributed by atoms with E-state index in [1.165, 1.54) is 38.5 Å². The van der Waals surface area contributed by atoms with Crippen LogP contribution in [0.3, 0.4) is 0 Å². The molecule has 0 aromatic rings. The van der Waals surface area contributed by atoms with Gasteiger partial charge < -0.3 is 9.84 Å². The molecule has 0 radical (unpaired) electrons. The lowest BCUT2D eigenvalue weighted by molar-refractivity contribution is -0.167. The summed E-state index contributed by atoms with van der Waals surface area (Å²) in [6.45, 7) is 0. The van der Waals surface area contributed by atoms with E-state index in [1.807, 2.05) is 0 Å². The zero-order chi connectivity index (χ0) is 13.9. The maximum absolute atomic E-state index is 12.4. The second-order valence-electron chi connectivity index (χ2n) is 7.07. The molecule has 5 unspecified atom stereocenters. The molecule has 0 heterocycles. The lowest BCUT2D eigenvalue weighted by atomic mass is 9.69. The average molecular weight is 280 g/mol. The second kappa shape index (κ2) is 6.46. The van der Waals surface area contributed by atoms with Crippen molar-refractivity contribution < 1.29 is 14.6 Å². The van der Waals surface area contributed by atoms with Crippen LogP contribution in [-0.4, -0.2) is 23.3 Å². The maximum atomic E-state index is 12.4. The van der Waals surface area contributed by atoms with Gasteiger partial charge in [0.05, 0.1) is 12.0 Å². The first-order valence-corrected chi connectivity index (χ1v) is 8.64. The van der Waals surface area contributed by atoms with Crippen LogP contribution >= 0.6 is 0 Å². The van der Waals surface area contributed by atoms with Crippen molar-refractivity contribution >= 4 is 5.97 Å². The molecule has 3 nitrogen and oxygen atoms in total. The molecular weight excluding hydrogens is 252 g/mol. The van der Waals surface area contributed by atoms with Gasteiger partial charge >= 0.3 is 5.97 Å². The highest BCUT2D eigenvalue weighted by molar-refractivity contribution is 5.73. The summed E-state index contributed by atoms with van der Waals surface area (Å²) in [4.78, 5) is 12.4. The average Bonchev–Trinajstić information content (AvgIpc) is 2.48. The number of aliphatic hydroxyl groups is 1. The van der Waals surface area contributed by atoms with Crippen LogP contribution in [0, 0.1) is 17.8 Å². The van der Waals surface area contributed by atoms with Gasteiger partial charge in [-0.3, -0.25) is 4.79 Å². The highest BCUT2D eigenvalue weighted by atomic mass is 16.5. The first-order valence-electron chi connectivity index (χ1n) is 8.64. The first-order chi connectivity index (χ1) is 9.75. The monoisotopic (exact) mass is 280 g/mol. The predicted molar refractivity (Wildman–Crippen MR) is 77.1 cm³/mol. The number of hydrogen-bond acceptors (Lipinski definition) is 3. The number of fused-ring (bicyclic) bond motifs is 1. The number of rotatable bonds is 2. The van der Waals surface area contributed by atoms with Gasteiger partial charge in [0.2, 0.25) is 0 Å². The molecule has 20 heavy (non-hydrogen) atoms. The fraction of sp³-hybridized carbons (Fsp3) is 0.941. The Balaban J connectivity index is 1.59. The number of carbonyl (C=O) groups is 1. The van der Waals surface area contributed by atoms with E-state index in [-0.39, 0.29) is 18.0 Å². The second-order valence-corrected chi connectivity index (χ2v) is 7.07. The van der Waals surface area contributed by atoms with E-state index in [9.17, 15) is 9.90 Å². The number of aliphatic hydroxyl groups excluding tert-OH is 1. The molecule has 0 aromatic carbocycles. The Hall–Kier alpha value is -0.570. The normalized spacial score (nSPS) is 41.8. The molecule has 3 rings (SSSR count). The van der Waals surface area contributed by atoms with Crippen molar-refractivity contribution in [2.24, 2.45) is 17.8 Å². The molecule has 3 saturated carbocycles. The number of carbonyl (C=O) groups excluding carboxylic acids is 1. The molecule has 0 spiro atoms. The molecule has 114 valence electrons. The minimum Gasteiger partial charge on any atom is -0.462 e. The van der Waals surface area contributed by atoms with Crippen molar-refractivity contribution in [2.75, 3.05) is 0 Å². The summed E-state index contributed by atoms with van der Waals surface area (Å²) >= 11 is 0. The van der Waals surface area contributed by atoms with E-state index in [1.54, 1.807) is 0 Å². The van der Waals surface area contributed by atoms with Gasteiger partial charge in [0.1, 0.15) is 6.10 Å². The van der Waals surface area contributed by atoms with Crippen molar-refractivity contribution in [1.82, 2.24) is 0 Å². The molecule has 3 fully saturated rings. The first kappa shape index (κ1) is 14.4. The summed E-state index contributed by atoms with van der Waals surface area (Å²) < 4.78 is 5.87. The molecule has 0 aromatic heterocycles. The smallest absolute Gasteiger partial charge is 0.311 e. The van der Waals surface area contributed by atoms with Gasteiger partial charge in [0, 0.05) is 0 Å². The minimum atomic E-state index is -0.470. The highest BCUT2D eigenvalue weighted by Crippen LogP contribution is 2.42. The van der Waals surface area contributed by atoms with Crippen LogP contribution in [-0.2, 0) is 9.53 Å². The third-order valence-electron chi connectivity index (χ3n) is 5.81. The van der Waals surface area contributed by atoms with Gasteiger partial charge in [-0.1, -0.05) is 32.1 Å². The van der Waals surface area contributed by atoms with Crippen LogP contribution in [0.1, 0.15) is 70.6 Å². The van der Waals surface area contributed by atoms with E-state index < -0.39 is 6.10 Å². The molecule has 0 amide bonds. The van der Waals surface area contributed by atoms with Gasteiger partial charge in [-0.25, -0.2) is 0 Å². The topological polar surface area (TPSA) is 46.5 Å². The molecule has 1 N–H and O–H groups in total. The Labute approximate surface area is 122 Å². The highest BCUT2D eigenvalue weighted by Gasteiger charge is 2.39. The lowest BCUT2D eigenvalue weighted by Crippen LogP contribution is -2.41. The van der Waals surface area contributed by atoms with Gasteiger partial charge in [-0.15, -0.1) is 0 Å². The van der Waals surface area contributed by atoms with Crippen molar-refractivity contribution in [3.05, 3.63) is 0 Å². The molecule has 3 aliphatic rings. The molecule has 0 saturated heterocycles. The summed E-state index contributed by atoms with van der Waals surface area (Å²) in [7, 11) is 0. The van der Waals surface area contributed by atoms with Crippen LogP contribution in [0.5, 0.6) is 0 Å². The standard InChI is InChI=1S/C17H28O3/c18-15-10-4-3-9-14(15)17(19)20-16-11-5-7-12-6-1-2-8-13(12)16/h12-16,18H,1-11H2. The summed E-state index contributed by atoms with van der Waals surface area (Å²) in [6.07, 6.45) is 12.1. The van der Waals surface area contributed by atoms with Crippen molar-refractivity contribution in [2.45, 2.75) is 82.8 Å². The quantitative estimate of drug-likeness (QED) is 0.788. The molecule has 0 bridgehead atoms. The Morgan fingerprint density at radius 1 is 0.850 bits per heavy atom.